The summed E-state index contributed by atoms with van der Waals surface area (Å²) in [6.45, 7) is 4.26. The largest absolute Gasteiger partial charge is 0.333 e. The molecule has 1 fully saturated rings. The van der Waals surface area contributed by atoms with Crippen LogP contribution in [0.25, 0.3) is 0 Å². The predicted octanol–water partition coefficient (Wildman–Crippen LogP) is 2.11. The first-order valence-corrected chi connectivity index (χ1v) is 5.22. The van der Waals surface area contributed by atoms with Gasteiger partial charge < -0.3 is 4.90 Å². The zero-order chi connectivity index (χ0) is 9.42. The van der Waals surface area contributed by atoms with Gasteiger partial charge in [-0.2, -0.15) is 0 Å². The zero-order valence-electron chi connectivity index (χ0n) is 8.42. The smallest absolute Gasteiger partial charge is 0.249 e. The molecule has 0 aromatic carbocycles. The van der Waals surface area contributed by atoms with E-state index in [-0.39, 0.29) is 0 Å². The SMILES string of the molecule is CC1CC(C)N1C(=O)C1=CCCC1. The second-order valence-electron chi connectivity index (χ2n) is 4.27. The maximum absolute atomic E-state index is 11.9. The molecule has 1 aliphatic heterocycles. The Morgan fingerprint density at radius 2 is 2.15 bits per heavy atom. The lowest BCUT2D eigenvalue weighted by Crippen LogP contribution is -2.56. The van der Waals surface area contributed by atoms with E-state index in [4.69, 9.17) is 0 Å². The lowest BCUT2D eigenvalue weighted by molar-refractivity contribution is -0.138. The van der Waals surface area contributed by atoms with E-state index in [0.717, 1.165) is 24.8 Å². The van der Waals surface area contributed by atoms with Crippen molar-refractivity contribution in [3.8, 4) is 0 Å². The molecule has 2 unspecified atom stereocenters. The molecule has 0 saturated carbocycles. The number of carbonyl (C=O) groups is 1. The third-order valence-electron chi connectivity index (χ3n) is 3.18. The molecule has 0 spiro atoms. The van der Waals surface area contributed by atoms with Crippen LogP contribution in [0.4, 0.5) is 0 Å². The van der Waals surface area contributed by atoms with Gasteiger partial charge in [0, 0.05) is 17.7 Å². The van der Waals surface area contributed by atoms with Crippen LogP contribution < -0.4 is 0 Å². The minimum absolute atomic E-state index is 0.295. The van der Waals surface area contributed by atoms with E-state index in [1.54, 1.807) is 0 Å². The van der Waals surface area contributed by atoms with E-state index in [9.17, 15) is 4.79 Å². The average Bonchev–Trinajstić information content (AvgIpc) is 2.55. The number of likely N-dealkylation sites (tertiary alicyclic amines) is 1. The molecule has 2 rings (SSSR count). The standard InChI is InChI=1S/C11H17NO/c1-8-7-9(2)12(8)11(13)10-5-3-4-6-10/h5,8-9H,3-4,6-7H2,1-2H3. The minimum atomic E-state index is 0.295. The highest BCUT2D eigenvalue weighted by atomic mass is 16.2. The third kappa shape index (κ3) is 1.38. The van der Waals surface area contributed by atoms with E-state index in [1.807, 2.05) is 4.90 Å². The second-order valence-corrected chi connectivity index (χ2v) is 4.27. The summed E-state index contributed by atoms with van der Waals surface area (Å²) in [7, 11) is 0. The first kappa shape index (κ1) is 8.79. The Balaban J connectivity index is 2.04. The van der Waals surface area contributed by atoms with Gasteiger partial charge in [0.1, 0.15) is 0 Å². The first-order chi connectivity index (χ1) is 6.20. The molecule has 13 heavy (non-hydrogen) atoms. The summed E-state index contributed by atoms with van der Waals surface area (Å²) < 4.78 is 0. The van der Waals surface area contributed by atoms with Gasteiger partial charge in [0.15, 0.2) is 0 Å². The Labute approximate surface area is 79.6 Å². The monoisotopic (exact) mass is 179 g/mol. The molecule has 2 nitrogen and oxygen atoms in total. The van der Waals surface area contributed by atoms with E-state index in [1.165, 1.54) is 6.42 Å². The summed E-state index contributed by atoms with van der Waals surface area (Å²) in [5.41, 5.74) is 1.05. The van der Waals surface area contributed by atoms with E-state index in [0.29, 0.717) is 18.0 Å². The van der Waals surface area contributed by atoms with Crippen LogP contribution in [0, 0.1) is 0 Å². The van der Waals surface area contributed by atoms with Gasteiger partial charge in [-0.15, -0.1) is 0 Å². The number of hydrogen-bond acceptors (Lipinski definition) is 1. The molecule has 0 aromatic rings. The number of amides is 1. The topological polar surface area (TPSA) is 20.3 Å². The summed E-state index contributed by atoms with van der Waals surface area (Å²) in [5.74, 6) is 0.295. The molecule has 2 heteroatoms. The molecule has 72 valence electrons. The minimum Gasteiger partial charge on any atom is -0.333 e. The van der Waals surface area contributed by atoms with Gasteiger partial charge in [-0.3, -0.25) is 4.79 Å². The van der Waals surface area contributed by atoms with Crippen molar-refractivity contribution in [3.05, 3.63) is 11.6 Å². The van der Waals surface area contributed by atoms with Crippen molar-refractivity contribution in [1.29, 1.82) is 0 Å². The maximum atomic E-state index is 11.9. The van der Waals surface area contributed by atoms with Crippen molar-refractivity contribution in [2.75, 3.05) is 0 Å². The van der Waals surface area contributed by atoms with Crippen LogP contribution in [0.1, 0.15) is 39.5 Å². The molecule has 2 atom stereocenters. The fourth-order valence-corrected chi connectivity index (χ4v) is 2.45. The van der Waals surface area contributed by atoms with E-state index >= 15 is 0 Å². The van der Waals surface area contributed by atoms with Crippen LogP contribution in [-0.2, 0) is 4.79 Å². The molecule has 0 radical (unpaired) electrons. The summed E-state index contributed by atoms with van der Waals surface area (Å²) >= 11 is 0. The van der Waals surface area contributed by atoms with Crippen LogP contribution in [0.3, 0.4) is 0 Å². The van der Waals surface area contributed by atoms with Crippen LogP contribution in [-0.4, -0.2) is 22.9 Å². The highest BCUT2D eigenvalue weighted by molar-refractivity contribution is 5.94. The van der Waals surface area contributed by atoms with Crippen molar-refractivity contribution < 1.29 is 4.79 Å². The van der Waals surface area contributed by atoms with Crippen molar-refractivity contribution in [2.24, 2.45) is 0 Å². The van der Waals surface area contributed by atoms with Gasteiger partial charge in [-0.05, 0) is 39.5 Å². The molecule has 0 bridgehead atoms. The molecule has 1 amide bonds. The fourth-order valence-electron chi connectivity index (χ4n) is 2.45. The lowest BCUT2D eigenvalue weighted by atomic mass is 9.94. The Morgan fingerprint density at radius 3 is 2.62 bits per heavy atom. The molecule has 2 aliphatic rings. The second kappa shape index (κ2) is 3.17. The molecule has 1 heterocycles. The zero-order valence-corrected chi connectivity index (χ0v) is 8.42. The number of rotatable bonds is 1. The van der Waals surface area contributed by atoms with E-state index in [2.05, 4.69) is 19.9 Å². The number of nitrogens with zero attached hydrogens (tertiary/aromatic N) is 1. The first-order valence-electron chi connectivity index (χ1n) is 5.22. The van der Waals surface area contributed by atoms with Gasteiger partial charge in [-0.25, -0.2) is 0 Å². The van der Waals surface area contributed by atoms with E-state index < -0.39 is 0 Å². The predicted molar refractivity (Wildman–Crippen MR) is 52.3 cm³/mol. The van der Waals surface area contributed by atoms with Gasteiger partial charge >= 0.3 is 0 Å². The summed E-state index contributed by atoms with van der Waals surface area (Å²) in [4.78, 5) is 13.9. The number of hydrogen-bond donors (Lipinski definition) is 0. The van der Waals surface area contributed by atoms with Crippen molar-refractivity contribution in [3.63, 3.8) is 0 Å². The maximum Gasteiger partial charge on any atom is 0.249 e. The van der Waals surface area contributed by atoms with Crippen molar-refractivity contribution in [2.45, 2.75) is 51.6 Å². The molecule has 0 aromatic heterocycles. The third-order valence-corrected chi connectivity index (χ3v) is 3.18. The number of allylic oxidation sites excluding steroid dienone is 1. The Hall–Kier alpha value is -0.790. The van der Waals surface area contributed by atoms with Gasteiger partial charge in [0.05, 0.1) is 0 Å². The van der Waals surface area contributed by atoms with Gasteiger partial charge in [-0.1, -0.05) is 6.08 Å². The summed E-state index contributed by atoms with van der Waals surface area (Å²) in [6, 6.07) is 0.924. The Kier molecular flexibility index (Phi) is 2.14. The van der Waals surface area contributed by atoms with Gasteiger partial charge in [0.25, 0.3) is 0 Å². The van der Waals surface area contributed by atoms with Crippen LogP contribution in [0.5, 0.6) is 0 Å². The molecule has 1 saturated heterocycles. The molecule has 1 aliphatic carbocycles. The summed E-state index contributed by atoms with van der Waals surface area (Å²) in [5, 5.41) is 0. The molecule has 0 N–H and O–H groups in total. The van der Waals surface area contributed by atoms with Crippen LogP contribution >= 0.6 is 0 Å². The van der Waals surface area contributed by atoms with Gasteiger partial charge in [0.2, 0.25) is 5.91 Å². The Morgan fingerprint density at radius 1 is 1.46 bits per heavy atom. The normalized spacial score (nSPS) is 32.8. The highest BCUT2D eigenvalue weighted by Crippen LogP contribution is 2.29. The van der Waals surface area contributed by atoms with Crippen LogP contribution in [0.2, 0.25) is 0 Å². The number of carbonyl (C=O) groups excluding carboxylic acids is 1. The van der Waals surface area contributed by atoms with Crippen molar-refractivity contribution in [1.82, 2.24) is 4.90 Å². The quantitative estimate of drug-likeness (QED) is 0.603. The van der Waals surface area contributed by atoms with Crippen LogP contribution in [0.15, 0.2) is 11.6 Å². The Bertz CT molecular complexity index is 249. The summed E-state index contributed by atoms with van der Waals surface area (Å²) in [6.07, 6.45) is 6.53. The highest BCUT2D eigenvalue weighted by Gasteiger charge is 2.36. The average molecular weight is 179 g/mol. The molecular weight excluding hydrogens is 162 g/mol. The van der Waals surface area contributed by atoms with Crippen molar-refractivity contribution >= 4 is 5.91 Å². The molecular formula is C11H17NO. The lowest BCUT2D eigenvalue weighted by Gasteiger charge is -2.45. The fraction of sp³-hybridized carbons (Fsp3) is 0.727.